The Balaban J connectivity index is 1.65. The summed E-state index contributed by atoms with van der Waals surface area (Å²) in [6.45, 7) is 5.55. The molecule has 0 unspecified atom stereocenters. The van der Waals surface area contributed by atoms with Gasteiger partial charge in [-0.05, 0) is 44.5 Å². The van der Waals surface area contributed by atoms with E-state index in [-0.39, 0.29) is 24.7 Å². The number of aryl methyl sites for hydroxylation is 2. The van der Waals surface area contributed by atoms with Gasteiger partial charge >= 0.3 is 5.97 Å². The van der Waals surface area contributed by atoms with E-state index in [1.54, 1.807) is 23.7 Å². The number of carbonyl (C=O) groups excluding carboxylic acids is 1. The van der Waals surface area contributed by atoms with Crippen LogP contribution in [-0.4, -0.2) is 36.5 Å². The molecule has 0 saturated heterocycles. The minimum absolute atomic E-state index is 0.0209. The third-order valence-corrected chi connectivity index (χ3v) is 4.74. The third kappa shape index (κ3) is 4.75. The number of halogens is 1. The van der Waals surface area contributed by atoms with Crippen LogP contribution in [0.15, 0.2) is 30.6 Å². The molecule has 2 N–H and O–H groups in total. The van der Waals surface area contributed by atoms with Crippen LogP contribution >= 0.6 is 11.6 Å². The second-order valence-electron chi connectivity index (χ2n) is 6.51. The fourth-order valence-corrected chi connectivity index (χ4v) is 2.85. The van der Waals surface area contributed by atoms with E-state index in [0.29, 0.717) is 22.2 Å². The van der Waals surface area contributed by atoms with Gasteiger partial charge in [-0.1, -0.05) is 11.6 Å². The molecule has 3 aromatic rings. The van der Waals surface area contributed by atoms with Crippen LogP contribution in [0.4, 0.5) is 5.69 Å². The molecule has 0 spiro atoms. The van der Waals surface area contributed by atoms with Crippen LogP contribution in [0.5, 0.6) is 5.75 Å². The summed E-state index contributed by atoms with van der Waals surface area (Å²) in [4.78, 5) is 23.2. The molecule has 29 heavy (non-hydrogen) atoms. The number of hydrogen-bond acceptors (Lipinski definition) is 5. The highest BCUT2D eigenvalue weighted by Gasteiger charge is 2.16. The van der Waals surface area contributed by atoms with Crippen molar-refractivity contribution in [1.82, 2.24) is 19.6 Å². The second kappa shape index (κ2) is 8.36. The normalized spacial score (nSPS) is 10.8. The number of hydrogen-bond donors (Lipinski definition) is 2. The minimum Gasteiger partial charge on any atom is -0.478 e. The van der Waals surface area contributed by atoms with E-state index in [2.05, 4.69) is 15.5 Å². The van der Waals surface area contributed by atoms with Crippen molar-refractivity contribution >= 4 is 29.2 Å². The fraction of sp³-hybridized carbons (Fsp3) is 0.263. The zero-order chi connectivity index (χ0) is 21.1. The van der Waals surface area contributed by atoms with Crippen molar-refractivity contribution in [3.8, 4) is 5.75 Å². The van der Waals surface area contributed by atoms with E-state index in [1.807, 2.05) is 19.9 Å². The van der Waals surface area contributed by atoms with Crippen molar-refractivity contribution in [2.75, 3.05) is 5.32 Å². The molecular formula is C19H20ClN5O4. The van der Waals surface area contributed by atoms with Gasteiger partial charge in [0.15, 0.2) is 6.73 Å². The maximum absolute atomic E-state index is 12.3. The number of aromatic nitrogens is 4. The van der Waals surface area contributed by atoms with Gasteiger partial charge in [0.2, 0.25) is 5.91 Å². The van der Waals surface area contributed by atoms with Crippen LogP contribution in [0.25, 0.3) is 0 Å². The molecule has 1 aromatic carbocycles. The Morgan fingerprint density at radius 2 is 2.03 bits per heavy atom. The molecule has 2 aromatic heterocycles. The van der Waals surface area contributed by atoms with Crippen molar-refractivity contribution in [3.63, 3.8) is 0 Å². The Morgan fingerprint density at radius 1 is 1.28 bits per heavy atom. The fourth-order valence-electron chi connectivity index (χ4n) is 2.73. The molecule has 0 bridgehead atoms. The molecule has 2 heterocycles. The van der Waals surface area contributed by atoms with Crippen molar-refractivity contribution in [1.29, 1.82) is 0 Å². The van der Waals surface area contributed by atoms with Gasteiger partial charge in [-0.15, -0.1) is 0 Å². The Hall–Kier alpha value is -3.33. The van der Waals surface area contributed by atoms with Crippen LogP contribution in [0.1, 0.15) is 27.3 Å². The summed E-state index contributed by atoms with van der Waals surface area (Å²) in [5.74, 6) is -0.775. The van der Waals surface area contributed by atoms with E-state index in [0.717, 1.165) is 11.3 Å². The molecule has 9 nitrogen and oxygen atoms in total. The second-order valence-corrected chi connectivity index (χ2v) is 6.92. The Labute approximate surface area is 171 Å². The van der Waals surface area contributed by atoms with E-state index in [1.165, 1.54) is 17.1 Å². The van der Waals surface area contributed by atoms with Gasteiger partial charge < -0.3 is 15.2 Å². The molecule has 10 heteroatoms. The van der Waals surface area contributed by atoms with Crippen molar-refractivity contribution in [3.05, 3.63) is 58.1 Å². The topological polar surface area (TPSA) is 111 Å². The minimum atomic E-state index is -1.10. The molecule has 0 aliphatic carbocycles. The van der Waals surface area contributed by atoms with Gasteiger partial charge in [-0.2, -0.15) is 10.2 Å². The zero-order valence-electron chi connectivity index (χ0n) is 16.1. The van der Waals surface area contributed by atoms with Crippen LogP contribution in [0.2, 0.25) is 5.02 Å². The highest BCUT2D eigenvalue weighted by molar-refractivity contribution is 6.31. The number of nitrogens with one attached hydrogen (secondary N) is 1. The van der Waals surface area contributed by atoms with Crippen molar-refractivity contribution < 1.29 is 19.4 Å². The van der Waals surface area contributed by atoms with Crippen LogP contribution < -0.4 is 10.1 Å². The summed E-state index contributed by atoms with van der Waals surface area (Å²) in [6, 6.07) is 5.38. The number of aromatic carboxylic acids is 1. The van der Waals surface area contributed by atoms with Crippen LogP contribution in [-0.2, 0) is 18.1 Å². The SMILES string of the molecule is Cc1cc(OCn2nc(C)c(NC(=O)Cn3cc(C(=O)O)cn3)c2C)ccc1Cl. The lowest BCUT2D eigenvalue weighted by atomic mass is 10.2. The molecule has 0 atom stereocenters. The quantitative estimate of drug-likeness (QED) is 0.611. The smallest absolute Gasteiger partial charge is 0.338 e. The van der Waals surface area contributed by atoms with Gasteiger partial charge in [-0.3, -0.25) is 9.48 Å². The lowest BCUT2D eigenvalue weighted by Gasteiger charge is -2.10. The Morgan fingerprint density at radius 3 is 2.69 bits per heavy atom. The summed E-state index contributed by atoms with van der Waals surface area (Å²) in [5, 5.41) is 20.7. The summed E-state index contributed by atoms with van der Waals surface area (Å²) >= 11 is 6.02. The highest BCUT2D eigenvalue weighted by Crippen LogP contribution is 2.23. The summed E-state index contributed by atoms with van der Waals surface area (Å²) < 4.78 is 8.67. The molecular weight excluding hydrogens is 398 g/mol. The van der Waals surface area contributed by atoms with Gasteiger partial charge in [0, 0.05) is 11.2 Å². The molecule has 0 aliphatic rings. The average molecular weight is 418 g/mol. The maximum Gasteiger partial charge on any atom is 0.338 e. The van der Waals surface area contributed by atoms with Gasteiger partial charge in [0.1, 0.15) is 12.3 Å². The molecule has 0 saturated carbocycles. The van der Waals surface area contributed by atoms with Crippen LogP contribution in [0.3, 0.4) is 0 Å². The predicted octanol–water partition coefficient (Wildman–Crippen LogP) is 3.03. The molecule has 0 fully saturated rings. The van der Waals surface area contributed by atoms with Crippen LogP contribution in [0, 0.1) is 20.8 Å². The Bertz CT molecular complexity index is 1070. The monoisotopic (exact) mass is 417 g/mol. The summed E-state index contributed by atoms with van der Waals surface area (Å²) in [5.41, 5.74) is 2.88. The molecule has 1 amide bonds. The maximum atomic E-state index is 12.3. The highest BCUT2D eigenvalue weighted by atomic mass is 35.5. The first-order valence-electron chi connectivity index (χ1n) is 8.73. The summed E-state index contributed by atoms with van der Waals surface area (Å²) in [7, 11) is 0. The zero-order valence-corrected chi connectivity index (χ0v) is 16.9. The lowest BCUT2D eigenvalue weighted by Crippen LogP contribution is -2.20. The average Bonchev–Trinajstić information content (AvgIpc) is 3.23. The van der Waals surface area contributed by atoms with Crippen molar-refractivity contribution in [2.45, 2.75) is 34.0 Å². The largest absolute Gasteiger partial charge is 0.478 e. The molecule has 0 aliphatic heterocycles. The van der Waals surface area contributed by atoms with E-state index in [9.17, 15) is 9.59 Å². The lowest BCUT2D eigenvalue weighted by molar-refractivity contribution is -0.116. The number of amides is 1. The number of carboxylic acids is 1. The first kappa shape index (κ1) is 20.4. The first-order chi connectivity index (χ1) is 13.7. The number of benzene rings is 1. The number of ether oxygens (including phenoxy) is 1. The summed E-state index contributed by atoms with van der Waals surface area (Å²) in [6.07, 6.45) is 2.49. The number of nitrogens with zero attached hydrogens (tertiary/aromatic N) is 4. The third-order valence-electron chi connectivity index (χ3n) is 4.31. The van der Waals surface area contributed by atoms with E-state index < -0.39 is 5.97 Å². The predicted molar refractivity (Wildman–Crippen MR) is 106 cm³/mol. The molecule has 152 valence electrons. The Kier molecular flexibility index (Phi) is 5.88. The number of carboxylic acid groups (broad SMARTS) is 1. The van der Waals surface area contributed by atoms with E-state index >= 15 is 0 Å². The number of rotatable bonds is 7. The number of carbonyl (C=O) groups is 2. The molecule has 0 radical (unpaired) electrons. The van der Waals surface area contributed by atoms with Gasteiger partial charge in [0.25, 0.3) is 0 Å². The van der Waals surface area contributed by atoms with Crippen molar-refractivity contribution in [2.24, 2.45) is 0 Å². The van der Waals surface area contributed by atoms with Gasteiger partial charge in [-0.25, -0.2) is 9.48 Å². The van der Waals surface area contributed by atoms with E-state index in [4.69, 9.17) is 21.4 Å². The van der Waals surface area contributed by atoms with Gasteiger partial charge in [0.05, 0.1) is 28.8 Å². The first-order valence-corrected chi connectivity index (χ1v) is 9.11. The molecule has 3 rings (SSSR count). The standard InChI is InChI=1S/C19H20ClN5O4/c1-11-6-15(4-5-16(11)20)29-10-25-13(3)18(12(2)23-25)22-17(26)9-24-8-14(7-21-24)19(27)28/h4-8H,9-10H2,1-3H3,(H,22,26)(H,27,28). The number of anilines is 1.